The molecule has 0 unspecified atom stereocenters. The first-order valence-electron chi connectivity index (χ1n) is 10.2. The number of amides is 2. The molecule has 2 atom stereocenters. The van der Waals surface area contributed by atoms with Crippen LogP contribution in [0.2, 0.25) is 0 Å². The standard InChI is InChI=1S/C25H21N3O3S/c1-28-22(15-8-4-3-5-9-15)21(17-10-6-7-11-18(17)24(28)30)23(29)27-25-26-19-13-12-16(31-2)14-20(19)32-25/h3-14,21-22H,1-2H3,(H,26,27,29)/t21-,22-/m0/s1. The zero-order valence-electron chi connectivity index (χ0n) is 17.6. The molecule has 4 aromatic rings. The molecule has 0 saturated carbocycles. The number of ether oxygens (including phenoxy) is 1. The first kappa shape index (κ1) is 20.2. The maximum absolute atomic E-state index is 13.7. The van der Waals surface area contributed by atoms with Gasteiger partial charge >= 0.3 is 0 Å². The number of rotatable bonds is 4. The molecule has 0 radical (unpaired) electrons. The van der Waals surface area contributed by atoms with E-state index in [9.17, 15) is 9.59 Å². The Balaban J connectivity index is 1.56. The molecule has 1 N–H and O–H groups in total. The highest BCUT2D eigenvalue weighted by Gasteiger charge is 2.42. The predicted molar refractivity (Wildman–Crippen MR) is 125 cm³/mol. The highest BCUT2D eigenvalue weighted by molar-refractivity contribution is 7.22. The Morgan fingerprint density at radius 3 is 2.59 bits per heavy atom. The number of carbonyl (C=O) groups excluding carboxylic acids is 2. The normalized spacial score (nSPS) is 17.8. The molecule has 1 aromatic heterocycles. The molecule has 2 amide bonds. The summed E-state index contributed by atoms with van der Waals surface area (Å²) in [5, 5.41) is 3.52. The van der Waals surface area contributed by atoms with Gasteiger partial charge in [0.15, 0.2) is 5.13 Å². The monoisotopic (exact) mass is 443 g/mol. The SMILES string of the molecule is COc1ccc2nc(NC(=O)[C@H]3c4ccccc4C(=O)N(C)[C@H]3c3ccccc3)sc2c1. The first-order chi connectivity index (χ1) is 15.6. The van der Waals surface area contributed by atoms with E-state index in [2.05, 4.69) is 10.3 Å². The molecule has 0 saturated heterocycles. The molecule has 6 nitrogen and oxygen atoms in total. The summed E-state index contributed by atoms with van der Waals surface area (Å²) in [6.07, 6.45) is 0. The van der Waals surface area contributed by atoms with Crippen molar-refractivity contribution >= 4 is 38.5 Å². The summed E-state index contributed by atoms with van der Waals surface area (Å²) < 4.78 is 6.21. The molecule has 1 aliphatic rings. The van der Waals surface area contributed by atoms with E-state index in [1.54, 1.807) is 25.1 Å². The van der Waals surface area contributed by atoms with Gasteiger partial charge in [-0.1, -0.05) is 59.9 Å². The quantitative estimate of drug-likeness (QED) is 0.489. The van der Waals surface area contributed by atoms with E-state index in [0.29, 0.717) is 10.7 Å². The molecule has 2 heterocycles. The van der Waals surface area contributed by atoms with E-state index in [1.807, 2.05) is 66.7 Å². The highest BCUT2D eigenvalue weighted by Crippen LogP contribution is 2.42. The van der Waals surface area contributed by atoms with Crippen LogP contribution in [-0.2, 0) is 4.79 Å². The minimum atomic E-state index is -0.571. The molecule has 1 aliphatic heterocycles. The molecular weight excluding hydrogens is 422 g/mol. The zero-order valence-corrected chi connectivity index (χ0v) is 18.4. The van der Waals surface area contributed by atoms with E-state index in [-0.39, 0.29) is 11.8 Å². The summed E-state index contributed by atoms with van der Waals surface area (Å²) in [5.41, 5.74) is 2.98. The van der Waals surface area contributed by atoms with Crippen molar-refractivity contribution in [2.75, 3.05) is 19.5 Å². The Hall–Kier alpha value is -3.71. The van der Waals surface area contributed by atoms with E-state index in [0.717, 1.165) is 27.1 Å². The number of hydrogen-bond donors (Lipinski definition) is 1. The van der Waals surface area contributed by atoms with Crippen LogP contribution in [0.3, 0.4) is 0 Å². The fourth-order valence-electron chi connectivity index (χ4n) is 4.29. The van der Waals surface area contributed by atoms with Gasteiger partial charge in [0.05, 0.1) is 29.3 Å². The number of carbonyl (C=O) groups is 2. The Bertz CT molecular complexity index is 1320. The van der Waals surface area contributed by atoms with Gasteiger partial charge in [0.1, 0.15) is 5.75 Å². The molecule has 5 rings (SSSR count). The number of benzene rings is 3. The van der Waals surface area contributed by atoms with Crippen molar-refractivity contribution in [3.8, 4) is 5.75 Å². The lowest BCUT2D eigenvalue weighted by atomic mass is 9.79. The van der Waals surface area contributed by atoms with Crippen LogP contribution >= 0.6 is 11.3 Å². The van der Waals surface area contributed by atoms with Crippen molar-refractivity contribution < 1.29 is 14.3 Å². The fourth-order valence-corrected chi connectivity index (χ4v) is 5.19. The average molecular weight is 444 g/mol. The summed E-state index contributed by atoms with van der Waals surface area (Å²) in [6.45, 7) is 0. The van der Waals surface area contributed by atoms with Crippen molar-refractivity contribution in [3.05, 3.63) is 89.5 Å². The van der Waals surface area contributed by atoms with Gasteiger partial charge < -0.3 is 15.0 Å². The molecule has 32 heavy (non-hydrogen) atoms. The van der Waals surface area contributed by atoms with Crippen LogP contribution in [-0.4, -0.2) is 35.9 Å². The van der Waals surface area contributed by atoms with Crippen LogP contribution < -0.4 is 10.1 Å². The van der Waals surface area contributed by atoms with Gasteiger partial charge in [0.25, 0.3) is 5.91 Å². The van der Waals surface area contributed by atoms with E-state index in [4.69, 9.17) is 4.74 Å². The van der Waals surface area contributed by atoms with Crippen molar-refractivity contribution in [1.29, 1.82) is 0 Å². The van der Waals surface area contributed by atoms with Gasteiger partial charge in [-0.2, -0.15) is 0 Å². The van der Waals surface area contributed by atoms with E-state index < -0.39 is 12.0 Å². The first-order valence-corrected chi connectivity index (χ1v) is 11.0. The molecule has 0 fully saturated rings. The largest absolute Gasteiger partial charge is 0.497 e. The Morgan fingerprint density at radius 1 is 1.06 bits per heavy atom. The van der Waals surface area contributed by atoms with Gasteiger partial charge in [-0.3, -0.25) is 9.59 Å². The van der Waals surface area contributed by atoms with Crippen LogP contribution in [0.15, 0.2) is 72.8 Å². The number of hydrogen-bond acceptors (Lipinski definition) is 5. The van der Waals surface area contributed by atoms with Gasteiger partial charge in [-0.15, -0.1) is 0 Å². The van der Waals surface area contributed by atoms with Crippen molar-refractivity contribution in [1.82, 2.24) is 9.88 Å². The summed E-state index contributed by atoms with van der Waals surface area (Å²) in [5.74, 6) is -0.121. The second kappa shape index (κ2) is 8.09. The molecule has 0 spiro atoms. The van der Waals surface area contributed by atoms with Gasteiger partial charge in [0, 0.05) is 12.6 Å². The number of likely N-dealkylation sites (N-methyl/N-ethyl adjacent to an activating group) is 1. The van der Waals surface area contributed by atoms with E-state index >= 15 is 0 Å². The molecule has 3 aromatic carbocycles. The number of thiazole rings is 1. The lowest BCUT2D eigenvalue weighted by Crippen LogP contribution is -2.44. The number of nitrogens with one attached hydrogen (secondary N) is 1. The summed E-state index contributed by atoms with van der Waals surface area (Å²) in [7, 11) is 3.37. The van der Waals surface area contributed by atoms with Crippen molar-refractivity contribution in [2.24, 2.45) is 0 Å². The number of nitrogens with zero attached hydrogens (tertiary/aromatic N) is 2. The van der Waals surface area contributed by atoms with Gasteiger partial charge in [-0.25, -0.2) is 4.98 Å². The Labute approximate surface area is 189 Å². The third kappa shape index (κ3) is 3.40. The summed E-state index contributed by atoms with van der Waals surface area (Å²) in [4.78, 5) is 33.0. The highest BCUT2D eigenvalue weighted by atomic mass is 32.1. The number of anilines is 1. The molecular formula is C25H21N3O3S. The lowest BCUT2D eigenvalue weighted by Gasteiger charge is -2.39. The maximum Gasteiger partial charge on any atom is 0.254 e. The number of methoxy groups -OCH3 is 1. The van der Waals surface area contributed by atoms with Crippen LogP contribution in [0.1, 0.15) is 33.4 Å². The fraction of sp³-hybridized carbons (Fsp3) is 0.160. The van der Waals surface area contributed by atoms with Crippen molar-refractivity contribution in [3.63, 3.8) is 0 Å². The second-order valence-electron chi connectivity index (χ2n) is 7.68. The summed E-state index contributed by atoms with van der Waals surface area (Å²) >= 11 is 1.40. The summed E-state index contributed by atoms with van der Waals surface area (Å²) in [6, 6.07) is 22.2. The predicted octanol–water partition coefficient (Wildman–Crippen LogP) is 4.85. The second-order valence-corrected chi connectivity index (χ2v) is 8.71. The molecule has 0 aliphatic carbocycles. The minimum Gasteiger partial charge on any atom is -0.497 e. The smallest absolute Gasteiger partial charge is 0.254 e. The zero-order chi connectivity index (χ0) is 22.2. The number of fused-ring (bicyclic) bond motifs is 2. The Morgan fingerprint density at radius 2 is 1.81 bits per heavy atom. The topological polar surface area (TPSA) is 71.5 Å². The van der Waals surface area contributed by atoms with Crippen LogP contribution in [0, 0.1) is 0 Å². The van der Waals surface area contributed by atoms with Crippen molar-refractivity contribution in [2.45, 2.75) is 12.0 Å². The molecule has 0 bridgehead atoms. The van der Waals surface area contributed by atoms with Gasteiger partial charge in [-0.05, 0) is 35.4 Å². The van der Waals surface area contributed by atoms with Gasteiger partial charge in [0.2, 0.25) is 5.91 Å². The maximum atomic E-state index is 13.7. The average Bonchev–Trinajstić information content (AvgIpc) is 3.22. The minimum absolute atomic E-state index is 0.0921. The lowest BCUT2D eigenvalue weighted by molar-refractivity contribution is -0.119. The van der Waals surface area contributed by atoms with Crippen LogP contribution in [0.25, 0.3) is 10.2 Å². The third-order valence-electron chi connectivity index (χ3n) is 5.83. The van der Waals surface area contributed by atoms with Crippen LogP contribution in [0.4, 0.5) is 5.13 Å². The Kier molecular flexibility index (Phi) is 5.11. The van der Waals surface area contributed by atoms with Crippen LogP contribution in [0.5, 0.6) is 5.75 Å². The molecule has 7 heteroatoms. The molecule has 160 valence electrons. The third-order valence-corrected chi connectivity index (χ3v) is 6.76. The number of aromatic nitrogens is 1. The van der Waals surface area contributed by atoms with E-state index in [1.165, 1.54) is 11.3 Å².